The number of hydrogen-bond acceptors (Lipinski definition) is 3. The number of aryl methyl sites for hydroxylation is 1. The van der Waals surface area contributed by atoms with Gasteiger partial charge in [-0.3, -0.25) is 5.10 Å². The van der Waals surface area contributed by atoms with Crippen LogP contribution in [0.5, 0.6) is 0 Å². The summed E-state index contributed by atoms with van der Waals surface area (Å²) in [5.41, 5.74) is -1.35. The Hall–Kier alpha value is -2.58. The van der Waals surface area contributed by atoms with E-state index in [0.29, 0.717) is 24.6 Å². The van der Waals surface area contributed by atoms with Crippen molar-refractivity contribution in [1.82, 2.24) is 20.1 Å². The highest BCUT2D eigenvalue weighted by Crippen LogP contribution is 2.40. The highest BCUT2D eigenvalue weighted by atomic mass is 19.4. The lowest BCUT2D eigenvalue weighted by molar-refractivity contribution is -0.180. The molecule has 0 bridgehead atoms. The molecule has 2 aromatic rings. The Morgan fingerprint density at radius 1 is 1.26 bits per heavy atom. The number of hydrogen-bond donors (Lipinski definition) is 2. The first kappa shape index (κ1) is 19.2. The smallest absolute Gasteiger partial charge is 0.324 e. The quantitative estimate of drug-likeness (QED) is 0.845. The molecule has 1 saturated heterocycles. The SMILES string of the molecule is Cc1nc(C2CCN(C(=O)Nc3ccc(C(C)(C)C(F)(F)F)cc3)C2)n[nH]1. The third-order valence-electron chi connectivity index (χ3n) is 5.02. The van der Waals surface area contributed by atoms with Gasteiger partial charge in [0.1, 0.15) is 5.82 Å². The molecule has 3 rings (SSSR count). The standard InChI is InChI=1S/C18H22F3N5O/c1-11-22-15(25-24-11)12-8-9-26(10-12)16(27)23-14-6-4-13(5-7-14)17(2,3)18(19,20)21/h4-7,12H,8-10H2,1-3H3,(H,23,27)(H,22,24,25). The van der Waals surface area contributed by atoms with Crippen molar-refractivity contribution in [2.75, 3.05) is 18.4 Å². The molecule has 2 N–H and O–H groups in total. The van der Waals surface area contributed by atoms with Gasteiger partial charge in [0.25, 0.3) is 0 Å². The number of nitrogens with zero attached hydrogens (tertiary/aromatic N) is 3. The molecule has 146 valence electrons. The Kier molecular flexibility index (Phi) is 4.88. The summed E-state index contributed by atoms with van der Waals surface area (Å²) < 4.78 is 39.4. The maximum Gasteiger partial charge on any atom is 0.397 e. The highest BCUT2D eigenvalue weighted by molar-refractivity contribution is 5.89. The fourth-order valence-corrected chi connectivity index (χ4v) is 3.03. The van der Waals surface area contributed by atoms with E-state index < -0.39 is 11.6 Å². The molecular formula is C18H22F3N5O. The molecule has 0 spiro atoms. The van der Waals surface area contributed by atoms with Crippen molar-refractivity contribution in [3.63, 3.8) is 0 Å². The van der Waals surface area contributed by atoms with Gasteiger partial charge in [-0.2, -0.15) is 18.3 Å². The minimum atomic E-state index is -4.35. The van der Waals surface area contributed by atoms with Gasteiger partial charge in [-0.1, -0.05) is 12.1 Å². The Labute approximate surface area is 155 Å². The molecule has 0 aliphatic carbocycles. The van der Waals surface area contributed by atoms with Crippen LogP contribution in [0.1, 0.15) is 43.4 Å². The van der Waals surface area contributed by atoms with E-state index in [-0.39, 0.29) is 17.5 Å². The van der Waals surface area contributed by atoms with Gasteiger partial charge in [-0.05, 0) is 44.9 Å². The molecule has 0 saturated carbocycles. The van der Waals surface area contributed by atoms with E-state index in [0.717, 1.165) is 26.1 Å². The van der Waals surface area contributed by atoms with Crippen LogP contribution in [0.25, 0.3) is 0 Å². The Morgan fingerprint density at radius 3 is 2.48 bits per heavy atom. The van der Waals surface area contributed by atoms with Crippen molar-refractivity contribution in [1.29, 1.82) is 0 Å². The molecule has 2 amide bonds. The van der Waals surface area contributed by atoms with Crippen molar-refractivity contribution in [3.05, 3.63) is 41.5 Å². The van der Waals surface area contributed by atoms with Crippen molar-refractivity contribution >= 4 is 11.7 Å². The van der Waals surface area contributed by atoms with E-state index in [1.807, 2.05) is 6.92 Å². The lowest BCUT2D eigenvalue weighted by Gasteiger charge is -2.28. The fourth-order valence-electron chi connectivity index (χ4n) is 3.03. The van der Waals surface area contributed by atoms with Crippen LogP contribution in [-0.2, 0) is 5.41 Å². The zero-order valence-corrected chi connectivity index (χ0v) is 15.4. The first-order valence-corrected chi connectivity index (χ1v) is 8.70. The maximum absolute atomic E-state index is 13.1. The van der Waals surface area contributed by atoms with Crippen LogP contribution >= 0.6 is 0 Å². The molecule has 27 heavy (non-hydrogen) atoms. The summed E-state index contributed by atoms with van der Waals surface area (Å²) >= 11 is 0. The summed E-state index contributed by atoms with van der Waals surface area (Å²) in [6.45, 7) is 5.16. The van der Waals surface area contributed by atoms with Crippen molar-refractivity contribution < 1.29 is 18.0 Å². The summed E-state index contributed by atoms with van der Waals surface area (Å²) in [7, 11) is 0. The summed E-state index contributed by atoms with van der Waals surface area (Å²) in [6, 6.07) is 5.49. The Balaban J connectivity index is 1.62. The van der Waals surface area contributed by atoms with E-state index in [1.54, 1.807) is 4.90 Å². The third-order valence-corrected chi connectivity index (χ3v) is 5.02. The van der Waals surface area contributed by atoms with Crippen LogP contribution in [0.4, 0.5) is 23.7 Å². The summed E-state index contributed by atoms with van der Waals surface area (Å²) in [5, 5.41) is 9.67. The minimum Gasteiger partial charge on any atom is -0.324 e. The minimum absolute atomic E-state index is 0.0793. The molecule has 1 unspecified atom stereocenters. The van der Waals surface area contributed by atoms with Gasteiger partial charge in [-0.25, -0.2) is 9.78 Å². The number of halogens is 3. The number of benzene rings is 1. The Morgan fingerprint density at radius 2 is 1.93 bits per heavy atom. The molecular weight excluding hydrogens is 359 g/mol. The zero-order chi connectivity index (χ0) is 19.8. The van der Waals surface area contributed by atoms with E-state index in [1.165, 1.54) is 24.3 Å². The number of anilines is 1. The summed E-state index contributed by atoms with van der Waals surface area (Å²) in [5.74, 6) is 1.51. The molecule has 6 nitrogen and oxygen atoms in total. The molecule has 0 radical (unpaired) electrons. The molecule has 1 atom stereocenters. The van der Waals surface area contributed by atoms with E-state index in [2.05, 4.69) is 20.5 Å². The first-order chi connectivity index (χ1) is 12.6. The second kappa shape index (κ2) is 6.86. The van der Waals surface area contributed by atoms with Crippen LogP contribution in [0, 0.1) is 6.92 Å². The van der Waals surface area contributed by atoms with E-state index in [4.69, 9.17) is 0 Å². The summed E-state index contributed by atoms with van der Waals surface area (Å²) in [6.07, 6.45) is -3.58. The number of nitrogens with one attached hydrogen (secondary N) is 2. The number of likely N-dealkylation sites (tertiary alicyclic amines) is 1. The van der Waals surface area contributed by atoms with E-state index >= 15 is 0 Å². The molecule has 1 aliphatic heterocycles. The van der Waals surface area contributed by atoms with E-state index in [9.17, 15) is 18.0 Å². The molecule has 9 heteroatoms. The topological polar surface area (TPSA) is 73.9 Å². The number of aromatic amines is 1. The lowest BCUT2D eigenvalue weighted by Crippen LogP contribution is -2.36. The maximum atomic E-state index is 13.1. The molecule has 1 aliphatic rings. The molecule has 2 heterocycles. The summed E-state index contributed by atoms with van der Waals surface area (Å²) in [4.78, 5) is 18.4. The van der Waals surface area contributed by atoms with Crippen LogP contribution < -0.4 is 5.32 Å². The molecule has 1 fully saturated rings. The highest BCUT2D eigenvalue weighted by Gasteiger charge is 2.48. The average molecular weight is 381 g/mol. The molecule has 1 aromatic heterocycles. The fraction of sp³-hybridized carbons (Fsp3) is 0.500. The van der Waals surface area contributed by atoms with Gasteiger partial charge in [0.15, 0.2) is 5.82 Å². The van der Waals surface area contributed by atoms with Gasteiger partial charge < -0.3 is 10.2 Å². The number of carbonyl (C=O) groups excluding carboxylic acids is 1. The first-order valence-electron chi connectivity index (χ1n) is 8.70. The number of rotatable bonds is 3. The number of amides is 2. The largest absolute Gasteiger partial charge is 0.397 e. The van der Waals surface area contributed by atoms with Crippen LogP contribution in [-0.4, -0.2) is 45.4 Å². The van der Waals surface area contributed by atoms with Gasteiger partial charge in [0, 0.05) is 24.7 Å². The van der Waals surface area contributed by atoms with Gasteiger partial charge in [-0.15, -0.1) is 0 Å². The van der Waals surface area contributed by atoms with Crippen molar-refractivity contribution in [2.45, 2.75) is 44.7 Å². The van der Waals surface area contributed by atoms with Crippen LogP contribution in [0.15, 0.2) is 24.3 Å². The number of H-pyrrole nitrogens is 1. The number of carbonyl (C=O) groups is 1. The van der Waals surface area contributed by atoms with Crippen LogP contribution in [0.2, 0.25) is 0 Å². The second-order valence-corrected chi connectivity index (χ2v) is 7.34. The predicted octanol–water partition coefficient (Wildman–Crippen LogP) is 3.97. The number of urea groups is 1. The number of alkyl halides is 3. The van der Waals surface area contributed by atoms with Gasteiger partial charge in [0.05, 0.1) is 5.41 Å². The van der Waals surface area contributed by atoms with Crippen molar-refractivity contribution in [3.8, 4) is 0 Å². The Bertz CT molecular complexity index is 813. The number of aromatic nitrogens is 3. The average Bonchev–Trinajstić information content (AvgIpc) is 3.23. The monoisotopic (exact) mass is 381 g/mol. The molecule has 1 aromatic carbocycles. The van der Waals surface area contributed by atoms with Crippen molar-refractivity contribution in [2.24, 2.45) is 0 Å². The third kappa shape index (κ3) is 3.91. The zero-order valence-electron chi connectivity index (χ0n) is 15.4. The lowest BCUT2D eigenvalue weighted by atomic mass is 9.84. The predicted molar refractivity (Wildman–Crippen MR) is 94.6 cm³/mol. The normalized spacial score (nSPS) is 18.0. The van der Waals surface area contributed by atoms with Gasteiger partial charge in [0.2, 0.25) is 0 Å². The van der Waals surface area contributed by atoms with Gasteiger partial charge >= 0.3 is 12.2 Å². The second-order valence-electron chi connectivity index (χ2n) is 7.34. The van der Waals surface area contributed by atoms with Crippen LogP contribution in [0.3, 0.4) is 0 Å².